The first-order chi connectivity index (χ1) is 11.1. The molecule has 2 aromatic carbocycles. The van der Waals surface area contributed by atoms with Gasteiger partial charge in [-0.25, -0.2) is 0 Å². The van der Waals surface area contributed by atoms with Crippen LogP contribution in [0.15, 0.2) is 40.9 Å². The van der Waals surface area contributed by atoms with Crippen LogP contribution in [-0.4, -0.2) is 12.7 Å². The van der Waals surface area contributed by atoms with Gasteiger partial charge in [0.2, 0.25) is 12.7 Å². The molecule has 1 aliphatic heterocycles. The molecule has 1 heterocycles. The molecule has 4 nitrogen and oxygen atoms in total. The summed E-state index contributed by atoms with van der Waals surface area (Å²) < 4.78 is 11.7. The minimum atomic E-state index is -0.449. The Hall–Kier alpha value is -2.01. The van der Waals surface area contributed by atoms with Crippen molar-refractivity contribution in [1.29, 1.82) is 0 Å². The van der Waals surface area contributed by atoms with Gasteiger partial charge < -0.3 is 14.8 Å². The predicted molar refractivity (Wildman–Crippen MR) is 91.0 cm³/mol. The molecule has 0 radical (unpaired) electrons. The molecule has 1 fully saturated rings. The zero-order valence-electron chi connectivity index (χ0n) is 12.7. The number of amides is 1. The maximum atomic E-state index is 12.9. The molecular formula is C18H16BrNO3. The van der Waals surface area contributed by atoms with Gasteiger partial charge in [0, 0.05) is 10.2 Å². The summed E-state index contributed by atoms with van der Waals surface area (Å²) in [5.41, 5.74) is 2.43. The number of benzene rings is 2. The Kier molecular flexibility index (Phi) is 3.34. The fraction of sp³-hybridized carbons (Fsp3) is 0.278. The molecule has 1 N–H and O–H groups in total. The predicted octanol–water partition coefficient (Wildman–Crippen LogP) is 4.16. The number of fused-ring (bicyclic) bond motifs is 1. The monoisotopic (exact) mass is 373 g/mol. The normalized spacial score (nSPS) is 17.0. The van der Waals surface area contributed by atoms with E-state index in [4.69, 9.17) is 9.47 Å². The molecular weight excluding hydrogens is 358 g/mol. The van der Waals surface area contributed by atoms with E-state index in [2.05, 4.69) is 21.2 Å². The molecule has 1 aliphatic carbocycles. The highest BCUT2D eigenvalue weighted by molar-refractivity contribution is 9.10. The molecule has 0 unspecified atom stereocenters. The number of ether oxygens (including phenoxy) is 2. The lowest BCUT2D eigenvalue weighted by molar-refractivity contribution is -0.118. The third-order valence-corrected chi connectivity index (χ3v) is 5.05. The standard InChI is InChI=1S/C18H16BrNO3/c1-11-2-4-13(19)9-14(11)20-17(21)18(6-7-18)12-3-5-15-16(8-12)23-10-22-15/h2-5,8-9H,6-7,10H2,1H3,(H,20,21). The lowest BCUT2D eigenvalue weighted by Crippen LogP contribution is -2.28. The topological polar surface area (TPSA) is 47.6 Å². The highest BCUT2D eigenvalue weighted by Crippen LogP contribution is 2.51. The molecule has 1 amide bonds. The number of hydrogen-bond donors (Lipinski definition) is 1. The van der Waals surface area contributed by atoms with Crippen LogP contribution in [0.3, 0.4) is 0 Å². The van der Waals surface area contributed by atoms with E-state index in [0.29, 0.717) is 0 Å². The van der Waals surface area contributed by atoms with Gasteiger partial charge in [-0.05, 0) is 55.2 Å². The summed E-state index contributed by atoms with van der Waals surface area (Å²) in [7, 11) is 0. The van der Waals surface area contributed by atoms with Crippen LogP contribution in [0.4, 0.5) is 5.69 Å². The van der Waals surface area contributed by atoms with E-state index in [0.717, 1.165) is 45.6 Å². The molecule has 2 aliphatic rings. The summed E-state index contributed by atoms with van der Waals surface area (Å²) in [5, 5.41) is 3.08. The van der Waals surface area contributed by atoms with E-state index < -0.39 is 5.41 Å². The van der Waals surface area contributed by atoms with Gasteiger partial charge in [-0.2, -0.15) is 0 Å². The Morgan fingerprint density at radius 1 is 1.13 bits per heavy atom. The molecule has 0 aromatic heterocycles. The third-order valence-electron chi connectivity index (χ3n) is 4.56. The molecule has 5 heteroatoms. The Balaban J connectivity index is 1.61. The van der Waals surface area contributed by atoms with Gasteiger partial charge in [0.05, 0.1) is 5.41 Å². The Morgan fingerprint density at radius 3 is 2.70 bits per heavy atom. The van der Waals surface area contributed by atoms with Crippen molar-refractivity contribution in [3.63, 3.8) is 0 Å². The summed E-state index contributed by atoms with van der Waals surface area (Å²) in [4.78, 5) is 12.9. The average Bonchev–Trinajstić information content (AvgIpc) is 3.22. The Morgan fingerprint density at radius 2 is 1.91 bits per heavy atom. The van der Waals surface area contributed by atoms with Gasteiger partial charge in [0.15, 0.2) is 11.5 Å². The van der Waals surface area contributed by atoms with Gasteiger partial charge in [0.1, 0.15) is 0 Å². The summed E-state index contributed by atoms with van der Waals surface area (Å²) in [6.07, 6.45) is 1.71. The fourth-order valence-electron chi connectivity index (χ4n) is 2.94. The number of nitrogens with one attached hydrogen (secondary N) is 1. The van der Waals surface area contributed by atoms with E-state index in [9.17, 15) is 4.79 Å². The number of aryl methyl sites for hydroxylation is 1. The maximum Gasteiger partial charge on any atom is 0.235 e. The lowest BCUT2D eigenvalue weighted by Gasteiger charge is -2.17. The molecule has 0 atom stereocenters. The molecule has 23 heavy (non-hydrogen) atoms. The van der Waals surface area contributed by atoms with E-state index in [1.165, 1.54) is 0 Å². The van der Waals surface area contributed by atoms with Crippen molar-refractivity contribution in [2.75, 3.05) is 12.1 Å². The van der Waals surface area contributed by atoms with Gasteiger partial charge in [0.25, 0.3) is 0 Å². The molecule has 4 rings (SSSR count). The largest absolute Gasteiger partial charge is 0.454 e. The van der Waals surface area contributed by atoms with Crippen LogP contribution in [0.25, 0.3) is 0 Å². The Labute approximate surface area is 142 Å². The molecule has 2 aromatic rings. The van der Waals surface area contributed by atoms with Crippen LogP contribution < -0.4 is 14.8 Å². The van der Waals surface area contributed by atoms with Crippen LogP contribution in [0.2, 0.25) is 0 Å². The summed E-state index contributed by atoms with van der Waals surface area (Å²) in [6, 6.07) is 11.7. The second kappa shape index (κ2) is 5.27. The van der Waals surface area contributed by atoms with Crippen molar-refractivity contribution >= 4 is 27.5 Å². The van der Waals surface area contributed by atoms with Crippen molar-refractivity contribution < 1.29 is 14.3 Å². The summed E-state index contributed by atoms with van der Waals surface area (Å²) in [6.45, 7) is 2.23. The molecule has 0 spiro atoms. The van der Waals surface area contributed by atoms with Crippen molar-refractivity contribution in [2.24, 2.45) is 0 Å². The van der Waals surface area contributed by atoms with Crippen molar-refractivity contribution in [1.82, 2.24) is 0 Å². The third kappa shape index (κ3) is 2.49. The zero-order valence-corrected chi connectivity index (χ0v) is 14.3. The minimum absolute atomic E-state index is 0.0394. The van der Waals surface area contributed by atoms with E-state index in [1.54, 1.807) is 0 Å². The number of carbonyl (C=O) groups excluding carboxylic acids is 1. The van der Waals surface area contributed by atoms with Crippen LogP contribution >= 0.6 is 15.9 Å². The molecule has 0 saturated heterocycles. The molecule has 0 bridgehead atoms. The summed E-state index contributed by atoms with van der Waals surface area (Å²) in [5.74, 6) is 1.51. The first kappa shape index (κ1) is 14.6. The highest BCUT2D eigenvalue weighted by atomic mass is 79.9. The first-order valence-electron chi connectivity index (χ1n) is 7.56. The van der Waals surface area contributed by atoms with Crippen LogP contribution in [0, 0.1) is 6.92 Å². The minimum Gasteiger partial charge on any atom is -0.454 e. The maximum absolute atomic E-state index is 12.9. The average molecular weight is 374 g/mol. The molecule has 118 valence electrons. The highest BCUT2D eigenvalue weighted by Gasteiger charge is 2.51. The SMILES string of the molecule is Cc1ccc(Br)cc1NC(=O)C1(c2ccc3c(c2)OCO3)CC1. The molecule has 1 saturated carbocycles. The quantitative estimate of drug-likeness (QED) is 0.878. The summed E-state index contributed by atoms with van der Waals surface area (Å²) >= 11 is 3.45. The zero-order chi connectivity index (χ0) is 16.0. The van der Waals surface area contributed by atoms with E-state index >= 15 is 0 Å². The fourth-order valence-corrected chi connectivity index (χ4v) is 3.30. The number of anilines is 1. The first-order valence-corrected chi connectivity index (χ1v) is 8.35. The van der Waals surface area contributed by atoms with E-state index in [-0.39, 0.29) is 12.7 Å². The lowest BCUT2D eigenvalue weighted by atomic mass is 9.94. The second-order valence-electron chi connectivity index (χ2n) is 6.06. The number of carbonyl (C=O) groups is 1. The van der Waals surface area contributed by atoms with E-state index in [1.807, 2.05) is 43.3 Å². The van der Waals surface area contributed by atoms with Gasteiger partial charge >= 0.3 is 0 Å². The van der Waals surface area contributed by atoms with Crippen molar-refractivity contribution in [3.05, 3.63) is 52.0 Å². The van der Waals surface area contributed by atoms with Crippen LogP contribution in [0.1, 0.15) is 24.0 Å². The van der Waals surface area contributed by atoms with Gasteiger partial charge in [-0.1, -0.05) is 28.1 Å². The van der Waals surface area contributed by atoms with Gasteiger partial charge in [-0.3, -0.25) is 4.79 Å². The number of hydrogen-bond acceptors (Lipinski definition) is 3. The van der Waals surface area contributed by atoms with Crippen molar-refractivity contribution in [2.45, 2.75) is 25.2 Å². The van der Waals surface area contributed by atoms with Gasteiger partial charge in [-0.15, -0.1) is 0 Å². The Bertz CT molecular complexity index is 799. The second-order valence-corrected chi connectivity index (χ2v) is 6.98. The number of halogens is 1. The number of rotatable bonds is 3. The van der Waals surface area contributed by atoms with Crippen LogP contribution in [0.5, 0.6) is 11.5 Å². The van der Waals surface area contributed by atoms with Crippen LogP contribution in [-0.2, 0) is 10.2 Å². The van der Waals surface area contributed by atoms with Crippen molar-refractivity contribution in [3.8, 4) is 11.5 Å². The smallest absolute Gasteiger partial charge is 0.235 e.